The van der Waals surface area contributed by atoms with Gasteiger partial charge in [-0.05, 0) is 49.7 Å². The normalized spacial score (nSPS) is 12.3. The van der Waals surface area contributed by atoms with Gasteiger partial charge in [-0.2, -0.15) is 23.7 Å². The van der Waals surface area contributed by atoms with Crippen molar-refractivity contribution in [3.63, 3.8) is 0 Å². The van der Waals surface area contributed by atoms with Gasteiger partial charge in [0.15, 0.2) is 5.82 Å². The van der Waals surface area contributed by atoms with Crippen LogP contribution in [0, 0.1) is 22.8 Å². The van der Waals surface area contributed by atoms with Crippen LogP contribution in [0.1, 0.15) is 39.0 Å². The highest BCUT2D eigenvalue weighted by atomic mass is 19.4. The number of hydrogen-bond donors (Lipinski definition) is 0. The fraction of sp³-hybridized carbons (Fsp3) is 0.226. The van der Waals surface area contributed by atoms with Gasteiger partial charge >= 0.3 is 6.18 Å². The van der Waals surface area contributed by atoms with E-state index in [1.54, 1.807) is 72.8 Å². The largest absolute Gasteiger partial charge is 0.420 e. The van der Waals surface area contributed by atoms with Gasteiger partial charge in [0.05, 0.1) is 57.4 Å². The molecule has 14 heteroatoms. The number of aryl methyl sites for hydroxylation is 1. The zero-order valence-electron chi connectivity index (χ0n) is 24.7. The number of hydrogen-bond acceptors (Lipinski definition) is 8. The van der Waals surface area contributed by atoms with Gasteiger partial charge in [-0.1, -0.05) is 6.07 Å². The second kappa shape index (κ2) is 11.0. The van der Waals surface area contributed by atoms with Crippen molar-refractivity contribution in [2.75, 3.05) is 4.90 Å². The zero-order valence-corrected chi connectivity index (χ0v) is 24.7. The third-order valence-corrected chi connectivity index (χ3v) is 7.33. The highest BCUT2D eigenvalue weighted by Gasteiger charge is 2.38. The number of anilines is 1. The average molecular weight is 612 g/mol. The number of alkyl halides is 3. The fourth-order valence-electron chi connectivity index (χ4n) is 5.07. The summed E-state index contributed by atoms with van der Waals surface area (Å²) in [5.41, 5.74) is 1.23. The lowest BCUT2D eigenvalue weighted by atomic mass is 9.91. The SMILES string of the molecule is CC(=O)N(C(C)=O)c1ncc(-c2ccc3ncc4c(c3c2)n(-c2ccc(C(C)(C)C#N)nc2)/c(=N\C#N)n4C)cc1C(F)(F)F. The Balaban J connectivity index is 1.79. The summed E-state index contributed by atoms with van der Waals surface area (Å²) in [6, 6.07) is 11.3. The maximum atomic E-state index is 14.2. The molecular formula is C31H24F3N9O2. The molecule has 0 unspecified atom stereocenters. The molecule has 0 aliphatic rings. The van der Waals surface area contributed by atoms with Crippen molar-refractivity contribution in [1.82, 2.24) is 24.1 Å². The van der Waals surface area contributed by atoms with E-state index in [2.05, 4.69) is 26.0 Å². The van der Waals surface area contributed by atoms with Crippen molar-refractivity contribution in [2.45, 2.75) is 39.3 Å². The third-order valence-electron chi connectivity index (χ3n) is 7.33. The summed E-state index contributed by atoms with van der Waals surface area (Å²) in [4.78, 5) is 41.4. The summed E-state index contributed by atoms with van der Waals surface area (Å²) in [5.74, 6) is -2.62. The highest BCUT2D eigenvalue weighted by Crippen LogP contribution is 2.39. The smallest absolute Gasteiger partial charge is 0.311 e. The Morgan fingerprint density at radius 1 is 0.933 bits per heavy atom. The van der Waals surface area contributed by atoms with E-state index in [0.717, 1.165) is 26.1 Å². The molecule has 0 saturated carbocycles. The molecule has 1 aromatic carbocycles. The predicted octanol–water partition coefficient (Wildman–Crippen LogP) is 5.08. The number of halogens is 3. The van der Waals surface area contributed by atoms with Crippen molar-refractivity contribution < 1.29 is 22.8 Å². The molecule has 0 radical (unpaired) electrons. The van der Waals surface area contributed by atoms with Crippen molar-refractivity contribution >= 4 is 39.6 Å². The summed E-state index contributed by atoms with van der Waals surface area (Å²) in [6.07, 6.45) is 1.19. The Labute approximate surface area is 254 Å². The minimum Gasteiger partial charge on any atom is -0.311 e. The van der Waals surface area contributed by atoms with Crippen molar-refractivity contribution in [3.8, 4) is 29.1 Å². The van der Waals surface area contributed by atoms with E-state index in [9.17, 15) is 33.3 Å². The van der Waals surface area contributed by atoms with Gasteiger partial charge in [0.25, 0.3) is 0 Å². The van der Waals surface area contributed by atoms with Crippen LogP contribution in [0.4, 0.5) is 19.0 Å². The van der Waals surface area contributed by atoms with E-state index in [1.807, 2.05) is 6.19 Å². The number of rotatable bonds is 4. The molecule has 0 fully saturated rings. The maximum Gasteiger partial charge on any atom is 0.420 e. The zero-order chi connectivity index (χ0) is 32.8. The van der Waals surface area contributed by atoms with Crippen molar-refractivity contribution in [2.24, 2.45) is 12.0 Å². The summed E-state index contributed by atoms with van der Waals surface area (Å²) in [5, 5.41) is 19.5. The minimum absolute atomic E-state index is 0.0752. The Bertz CT molecular complexity index is 2170. The molecule has 0 atom stereocenters. The molecule has 0 bridgehead atoms. The van der Waals surface area contributed by atoms with E-state index >= 15 is 0 Å². The quantitative estimate of drug-likeness (QED) is 0.258. The molecule has 0 aliphatic carbocycles. The molecule has 0 saturated heterocycles. The number of imidazole rings is 1. The molecule has 226 valence electrons. The van der Waals surface area contributed by atoms with E-state index in [1.165, 1.54) is 0 Å². The molecule has 5 rings (SSSR count). The first-order valence-corrected chi connectivity index (χ1v) is 13.4. The van der Waals surface area contributed by atoms with Gasteiger partial charge in [0.2, 0.25) is 23.6 Å². The first-order chi connectivity index (χ1) is 21.2. The van der Waals surface area contributed by atoms with Gasteiger partial charge in [0.1, 0.15) is 0 Å². The van der Waals surface area contributed by atoms with Crippen molar-refractivity contribution in [3.05, 3.63) is 71.9 Å². The average Bonchev–Trinajstić information content (AvgIpc) is 3.27. The minimum atomic E-state index is -4.93. The van der Waals surface area contributed by atoms with Gasteiger partial charge in [0, 0.05) is 38.0 Å². The third kappa shape index (κ3) is 5.27. The lowest BCUT2D eigenvalue weighted by Crippen LogP contribution is -2.35. The van der Waals surface area contributed by atoms with Crippen LogP contribution in [0.3, 0.4) is 0 Å². The monoisotopic (exact) mass is 611 g/mol. The second-order valence-electron chi connectivity index (χ2n) is 10.7. The van der Waals surface area contributed by atoms with E-state index < -0.39 is 34.8 Å². The lowest BCUT2D eigenvalue weighted by Gasteiger charge is -2.21. The molecule has 4 heterocycles. The molecule has 11 nitrogen and oxygen atoms in total. The van der Waals surface area contributed by atoms with Crippen molar-refractivity contribution in [1.29, 1.82) is 10.5 Å². The molecule has 4 aromatic heterocycles. The number of nitriles is 2. The number of benzene rings is 1. The van der Waals surface area contributed by atoms with Crippen LogP contribution in [0.25, 0.3) is 38.8 Å². The van der Waals surface area contributed by atoms with Gasteiger partial charge in [-0.3, -0.25) is 24.1 Å². The molecule has 5 aromatic rings. The first-order valence-electron chi connectivity index (χ1n) is 13.4. The van der Waals surface area contributed by atoms with Crippen LogP contribution in [-0.4, -0.2) is 35.9 Å². The number of nitrogens with zero attached hydrogens (tertiary/aromatic N) is 9. The molecule has 0 spiro atoms. The van der Waals surface area contributed by atoms with Crippen LogP contribution in [0.5, 0.6) is 0 Å². The standard InChI is InChI=1S/C31H24F3N9O2/c1-17(44)42(18(2)45)28-23(31(32,33)34)11-20(12-39-28)19-6-8-24-22(10-19)27-25(14-37-24)41(5)29(40-16-36)43(27)21-7-9-26(38-13-21)30(3,4)15-35/h6-14H,1-5H3/b40-29-. The number of amides is 2. The van der Waals surface area contributed by atoms with Gasteiger partial charge in [-0.15, -0.1) is 4.99 Å². The van der Waals surface area contributed by atoms with Gasteiger partial charge < -0.3 is 4.57 Å². The summed E-state index contributed by atoms with van der Waals surface area (Å²) in [7, 11) is 1.70. The molecule has 45 heavy (non-hydrogen) atoms. The maximum absolute atomic E-state index is 14.2. The number of carbonyl (C=O) groups is 2. The van der Waals surface area contributed by atoms with Crippen LogP contribution in [-0.2, 0) is 28.2 Å². The molecule has 2 amide bonds. The summed E-state index contributed by atoms with van der Waals surface area (Å²) in [6.45, 7) is 5.43. The molecule has 0 N–H and O–H groups in total. The van der Waals surface area contributed by atoms with Crippen LogP contribution in [0.15, 0.2) is 60.0 Å². The van der Waals surface area contributed by atoms with E-state index in [4.69, 9.17) is 0 Å². The first kappa shape index (κ1) is 30.6. The highest BCUT2D eigenvalue weighted by molar-refractivity contribution is 6.13. The Kier molecular flexibility index (Phi) is 7.46. The predicted molar refractivity (Wildman–Crippen MR) is 157 cm³/mol. The fourth-order valence-corrected chi connectivity index (χ4v) is 5.07. The van der Waals surface area contributed by atoms with Gasteiger partial charge in [-0.25, -0.2) is 9.88 Å². The Hall–Kier alpha value is -5.89. The number of aromatic nitrogens is 5. The Morgan fingerprint density at radius 3 is 2.22 bits per heavy atom. The number of pyridine rings is 3. The Morgan fingerprint density at radius 2 is 1.64 bits per heavy atom. The van der Waals surface area contributed by atoms with E-state index in [0.29, 0.717) is 43.8 Å². The lowest BCUT2D eigenvalue weighted by molar-refractivity contribution is -0.137. The van der Waals surface area contributed by atoms with Crippen LogP contribution >= 0.6 is 0 Å². The van der Waals surface area contributed by atoms with Crippen LogP contribution in [0.2, 0.25) is 0 Å². The van der Waals surface area contributed by atoms with E-state index in [-0.39, 0.29) is 11.2 Å². The molecular weight excluding hydrogens is 587 g/mol. The second-order valence-corrected chi connectivity index (χ2v) is 10.7. The topological polar surface area (TPSA) is 146 Å². The number of carbonyl (C=O) groups excluding carboxylic acids is 2. The van der Waals surface area contributed by atoms with Crippen LogP contribution < -0.4 is 10.5 Å². The number of fused-ring (bicyclic) bond motifs is 3. The molecule has 0 aliphatic heterocycles. The number of imide groups is 1. The summed E-state index contributed by atoms with van der Waals surface area (Å²) >= 11 is 0. The summed E-state index contributed by atoms with van der Waals surface area (Å²) < 4.78 is 46.0.